The highest BCUT2D eigenvalue weighted by atomic mass is 16.5. The number of piperidine rings is 1. The first-order valence-electron chi connectivity index (χ1n) is 11.7. The summed E-state index contributed by atoms with van der Waals surface area (Å²) in [6.07, 6.45) is 2.87. The average Bonchev–Trinajstić information content (AvgIpc) is 3.34. The maximum atomic E-state index is 12.8. The van der Waals surface area contributed by atoms with Crippen LogP contribution in [0.25, 0.3) is 0 Å². The van der Waals surface area contributed by atoms with Gasteiger partial charge in [-0.3, -0.25) is 4.79 Å². The van der Waals surface area contributed by atoms with Gasteiger partial charge in [0.05, 0.1) is 13.2 Å². The van der Waals surface area contributed by atoms with Crippen molar-refractivity contribution in [3.63, 3.8) is 0 Å². The number of carbonyl (C=O) groups excluding carboxylic acids is 2. The Labute approximate surface area is 196 Å². The molecule has 2 aromatic carbocycles. The molecular formula is C26H34N4O3. The van der Waals surface area contributed by atoms with Crippen molar-refractivity contribution in [2.45, 2.75) is 38.1 Å². The Bertz CT molecular complexity index is 970. The number of ether oxygens (including phenoxy) is 1. The van der Waals surface area contributed by atoms with E-state index < -0.39 is 0 Å². The van der Waals surface area contributed by atoms with Crippen LogP contribution in [0.5, 0.6) is 5.75 Å². The number of hydrogen-bond donors (Lipinski definition) is 1. The minimum Gasteiger partial charge on any atom is -0.497 e. The monoisotopic (exact) mass is 450 g/mol. The fourth-order valence-corrected chi connectivity index (χ4v) is 4.82. The van der Waals surface area contributed by atoms with E-state index in [1.54, 1.807) is 14.0 Å². The van der Waals surface area contributed by atoms with Gasteiger partial charge < -0.3 is 24.8 Å². The van der Waals surface area contributed by atoms with Crippen molar-refractivity contribution < 1.29 is 14.3 Å². The fraction of sp³-hybridized carbons (Fsp3) is 0.462. The van der Waals surface area contributed by atoms with Crippen LogP contribution >= 0.6 is 0 Å². The molecule has 0 aliphatic carbocycles. The molecule has 2 aliphatic heterocycles. The normalized spacial score (nSPS) is 18.8. The predicted molar refractivity (Wildman–Crippen MR) is 131 cm³/mol. The number of urea groups is 1. The summed E-state index contributed by atoms with van der Waals surface area (Å²) >= 11 is 0. The van der Waals surface area contributed by atoms with E-state index in [4.69, 9.17) is 4.74 Å². The highest BCUT2D eigenvalue weighted by Gasteiger charge is 2.27. The molecule has 2 aromatic rings. The number of benzene rings is 2. The van der Waals surface area contributed by atoms with E-state index in [0.717, 1.165) is 62.6 Å². The highest BCUT2D eigenvalue weighted by Crippen LogP contribution is 2.30. The molecule has 33 heavy (non-hydrogen) atoms. The number of nitrogens with zero attached hydrogens (tertiary/aromatic N) is 3. The van der Waals surface area contributed by atoms with Gasteiger partial charge in [0.1, 0.15) is 5.75 Å². The number of carbonyl (C=O) groups is 2. The molecule has 1 unspecified atom stereocenters. The van der Waals surface area contributed by atoms with Crippen LogP contribution in [0.2, 0.25) is 0 Å². The molecule has 176 valence electrons. The molecule has 0 saturated carbocycles. The Morgan fingerprint density at radius 2 is 1.76 bits per heavy atom. The second-order valence-corrected chi connectivity index (χ2v) is 9.03. The first-order chi connectivity index (χ1) is 15.9. The Morgan fingerprint density at radius 1 is 1.03 bits per heavy atom. The number of likely N-dealkylation sites (tertiary alicyclic amines) is 1. The van der Waals surface area contributed by atoms with E-state index in [1.165, 1.54) is 5.56 Å². The summed E-state index contributed by atoms with van der Waals surface area (Å²) in [7, 11) is 3.56. The largest absolute Gasteiger partial charge is 0.497 e. The SMILES string of the molecule is COc1cccc(C2CCN(C(=O)Nc3ccc(N4CCC(N(C)C(C)=O)C4)cc3)CC2)c1. The standard InChI is InChI=1S/C26H34N4O3/c1-19(31)28(2)24-13-16-30(18-24)23-9-7-22(8-10-23)27-26(32)29-14-11-20(12-15-29)21-5-4-6-25(17-21)33-3/h4-10,17,20,24H,11-16,18H2,1-3H3,(H,27,32). The van der Waals surface area contributed by atoms with Crippen molar-refractivity contribution >= 4 is 23.3 Å². The van der Waals surface area contributed by atoms with Gasteiger partial charge in [-0.15, -0.1) is 0 Å². The molecule has 2 heterocycles. The minimum absolute atomic E-state index is 0.0452. The van der Waals surface area contributed by atoms with Gasteiger partial charge in [-0.05, 0) is 67.1 Å². The summed E-state index contributed by atoms with van der Waals surface area (Å²) in [4.78, 5) is 30.4. The fourth-order valence-electron chi connectivity index (χ4n) is 4.82. The molecule has 2 fully saturated rings. The second kappa shape index (κ2) is 10.1. The van der Waals surface area contributed by atoms with E-state index in [2.05, 4.69) is 22.3 Å². The predicted octanol–water partition coefficient (Wildman–Crippen LogP) is 4.16. The van der Waals surface area contributed by atoms with Gasteiger partial charge in [0.15, 0.2) is 0 Å². The van der Waals surface area contributed by atoms with Crippen LogP contribution < -0.4 is 15.0 Å². The molecule has 2 aliphatic rings. The Morgan fingerprint density at radius 3 is 2.42 bits per heavy atom. The van der Waals surface area contributed by atoms with Crippen molar-refractivity contribution in [3.8, 4) is 5.75 Å². The molecule has 1 atom stereocenters. The van der Waals surface area contributed by atoms with Gasteiger partial charge in [-0.25, -0.2) is 4.79 Å². The van der Waals surface area contributed by atoms with E-state index in [1.807, 2.05) is 53.2 Å². The molecule has 0 radical (unpaired) electrons. The van der Waals surface area contributed by atoms with Gasteiger partial charge in [0.2, 0.25) is 5.91 Å². The number of amides is 3. The van der Waals surface area contributed by atoms with Crippen LogP contribution in [-0.4, -0.2) is 68.1 Å². The molecule has 4 rings (SSSR count). The van der Waals surface area contributed by atoms with Crippen LogP contribution in [0.1, 0.15) is 37.7 Å². The summed E-state index contributed by atoms with van der Waals surface area (Å²) in [6, 6.07) is 16.4. The summed E-state index contributed by atoms with van der Waals surface area (Å²) in [5.74, 6) is 1.44. The molecule has 0 spiro atoms. The maximum absolute atomic E-state index is 12.8. The van der Waals surface area contributed by atoms with Crippen LogP contribution in [-0.2, 0) is 4.79 Å². The summed E-state index contributed by atoms with van der Waals surface area (Å²) in [5, 5.41) is 3.04. The molecule has 3 amide bonds. The zero-order valence-corrected chi connectivity index (χ0v) is 19.8. The highest BCUT2D eigenvalue weighted by molar-refractivity contribution is 5.89. The lowest BCUT2D eigenvalue weighted by molar-refractivity contribution is -0.129. The summed E-state index contributed by atoms with van der Waals surface area (Å²) in [6.45, 7) is 4.86. The van der Waals surface area contributed by atoms with Gasteiger partial charge in [-0.1, -0.05) is 12.1 Å². The molecule has 0 aromatic heterocycles. The number of nitrogens with one attached hydrogen (secondary N) is 1. The molecule has 2 saturated heterocycles. The first-order valence-corrected chi connectivity index (χ1v) is 11.7. The van der Waals surface area contributed by atoms with Crippen molar-refractivity contribution in [1.82, 2.24) is 9.80 Å². The third kappa shape index (κ3) is 5.41. The topological polar surface area (TPSA) is 65.1 Å². The van der Waals surface area contributed by atoms with Gasteiger partial charge >= 0.3 is 6.03 Å². The number of hydrogen-bond acceptors (Lipinski definition) is 4. The molecule has 7 heteroatoms. The number of methoxy groups -OCH3 is 1. The third-order valence-electron chi connectivity index (χ3n) is 7.04. The van der Waals surface area contributed by atoms with E-state index >= 15 is 0 Å². The van der Waals surface area contributed by atoms with Gasteiger partial charge in [0.25, 0.3) is 0 Å². The minimum atomic E-state index is -0.0452. The lowest BCUT2D eigenvalue weighted by atomic mass is 9.89. The Hall–Kier alpha value is -3.22. The van der Waals surface area contributed by atoms with Crippen LogP contribution in [0.15, 0.2) is 48.5 Å². The molecular weight excluding hydrogens is 416 g/mol. The third-order valence-corrected chi connectivity index (χ3v) is 7.04. The lowest BCUT2D eigenvalue weighted by Gasteiger charge is -2.32. The molecule has 1 N–H and O–H groups in total. The van der Waals surface area contributed by atoms with Crippen LogP contribution in [0, 0.1) is 0 Å². The van der Waals surface area contributed by atoms with Gasteiger partial charge in [-0.2, -0.15) is 0 Å². The number of likely N-dealkylation sites (N-methyl/N-ethyl adjacent to an activating group) is 1. The smallest absolute Gasteiger partial charge is 0.321 e. The number of rotatable bonds is 5. The number of anilines is 2. The van der Waals surface area contributed by atoms with Gasteiger partial charge in [0, 0.05) is 51.5 Å². The molecule has 0 bridgehead atoms. The summed E-state index contributed by atoms with van der Waals surface area (Å²) < 4.78 is 5.34. The van der Waals surface area contributed by atoms with E-state index in [-0.39, 0.29) is 18.0 Å². The maximum Gasteiger partial charge on any atom is 0.321 e. The summed E-state index contributed by atoms with van der Waals surface area (Å²) in [5.41, 5.74) is 3.20. The Balaban J connectivity index is 1.27. The van der Waals surface area contributed by atoms with E-state index in [9.17, 15) is 9.59 Å². The zero-order valence-electron chi connectivity index (χ0n) is 19.8. The van der Waals surface area contributed by atoms with Crippen molar-refractivity contribution in [2.24, 2.45) is 0 Å². The quantitative estimate of drug-likeness (QED) is 0.743. The van der Waals surface area contributed by atoms with Crippen molar-refractivity contribution in [3.05, 3.63) is 54.1 Å². The van der Waals surface area contributed by atoms with Crippen molar-refractivity contribution in [1.29, 1.82) is 0 Å². The first kappa shape index (κ1) is 23.0. The average molecular weight is 451 g/mol. The van der Waals surface area contributed by atoms with E-state index in [0.29, 0.717) is 5.92 Å². The van der Waals surface area contributed by atoms with Crippen LogP contribution in [0.3, 0.4) is 0 Å². The van der Waals surface area contributed by atoms with Crippen molar-refractivity contribution in [2.75, 3.05) is 50.6 Å². The second-order valence-electron chi connectivity index (χ2n) is 9.03. The van der Waals surface area contributed by atoms with Crippen LogP contribution in [0.4, 0.5) is 16.2 Å². The molecule has 7 nitrogen and oxygen atoms in total. The zero-order chi connectivity index (χ0) is 23.4. The Kier molecular flexibility index (Phi) is 7.06. The lowest BCUT2D eigenvalue weighted by Crippen LogP contribution is -2.40.